The van der Waals surface area contributed by atoms with Crippen molar-refractivity contribution in [1.29, 1.82) is 0 Å². The van der Waals surface area contributed by atoms with E-state index in [1.165, 1.54) is 6.92 Å². The third-order valence-electron chi connectivity index (χ3n) is 11.0. The number of carbonyl (C=O) groups excluding carboxylic acids is 1. The highest BCUT2D eigenvalue weighted by atomic mass is 16.5. The standard InChI is InChI=1S/C30H48O4/c1-19(2)20(3)8-9-21(4)24-10-11-25-27(24,6)14-13-26-28(7)15-12-23(34-22(5)31)18-29(28,32)16-17-30(25,26)33/h8-9,13,19-21,23-25,32-33H,10-12,14-18H2,1-7H3/b9-8+. The van der Waals surface area contributed by atoms with E-state index < -0.39 is 16.6 Å². The number of hydrogen-bond donors (Lipinski definition) is 2. The van der Waals surface area contributed by atoms with Gasteiger partial charge in [-0.3, -0.25) is 4.79 Å². The molecule has 0 aromatic heterocycles. The van der Waals surface area contributed by atoms with Crippen LogP contribution in [0.4, 0.5) is 0 Å². The Balaban J connectivity index is 1.61. The Morgan fingerprint density at radius 1 is 1.06 bits per heavy atom. The van der Waals surface area contributed by atoms with Crippen molar-refractivity contribution in [2.75, 3.05) is 0 Å². The molecule has 3 saturated carbocycles. The van der Waals surface area contributed by atoms with E-state index in [0.29, 0.717) is 42.9 Å². The molecule has 2 N–H and O–H groups in total. The summed E-state index contributed by atoms with van der Waals surface area (Å²) in [6, 6.07) is 0. The lowest BCUT2D eigenvalue weighted by Gasteiger charge is -2.63. The van der Waals surface area contributed by atoms with Crippen LogP contribution in [0.2, 0.25) is 0 Å². The first-order valence-corrected chi connectivity index (χ1v) is 13.8. The lowest BCUT2D eigenvalue weighted by Crippen LogP contribution is -2.65. The first kappa shape index (κ1) is 25.9. The second-order valence-electron chi connectivity index (χ2n) is 13.2. The zero-order valence-electron chi connectivity index (χ0n) is 22.6. The van der Waals surface area contributed by atoms with E-state index in [1.54, 1.807) is 0 Å². The molecule has 0 aliphatic heterocycles. The SMILES string of the molecule is CC(=O)OC1CCC2(C)C3=CCC4(C)C(C(C)/C=C/C(C)C(C)C)CCC4C3(O)CCC2(O)C1. The molecule has 4 aliphatic rings. The number of fused-ring (bicyclic) bond motifs is 5. The van der Waals surface area contributed by atoms with Gasteiger partial charge in [-0.2, -0.15) is 0 Å². The predicted octanol–water partition coefficient (Wildman–Crippen LogP) is 6.21. The number of hydrogen-bond acceptors (Lipinski definition) is 4. The number of esters is 1. The summed E-state index contributed by atoms with van der Waals surface area (Å²) in [4.78, 5) is 11.5. The maximum absolute atomic E-state index is 12.4. The summed E-state index contributed by atoms with van der Waals surface area (Å²) < 4.78 is 5.50. The molecule has 4 heteroatoms. The lowest BCUT2D eigenvalue weighted by atomic mass is 9.45. The molecule has 0 aromatic carbocycles. The van der Waals surface area contributed by atoms with Gasteiger partial charge in [0, 0.05) is 18.8 Å². The molecule has 0 aromatic rings. The Kier molecular flexibility index (Phi) is 6.69. The molecule has 34 heavy (non-hydrogen) atoms. The average Bonchev–Trinajstić information content (AvgIpc) is 3.11. The molecule has 0 saturated heterocycles. The van der Waals surface area contributed by atoms with Crippen molar-refractivity contribution < 1.29 is 19.7 Å². The molecule has 3 fully saturated rings. The Labute approximate surface area is 207 Å². The summed E-state index contributed by atoms with van der Waals surface area (Å²) in [5, 5.41) is 24.2. The fraction of sp³-hybridized carbons (Fsp3) is 0.833. The molecule has 0 amide bonds. The molecule has 192 valence electrons. The van der Waals surface area contributed by atoms with Gasteiger partial charge in [-0.25, -0.2) is 0 Å². The van der Waals surface area contributed by atoms with Gasteiger partial charge >= 0.3 is 5.97 Å². The Morgan fingerprint density at radius 2 is 1.76 bits per heavy atom. The molecular weight excluding hydrogens is 424 g/mol. The van der Waals surface area contributed by atoms with Crippen LogP contribution in [-0.2, 0) is 9.53 Å². The lowest BCUT2D eigenvalue weighted by molar-refractivity contribution is -0.195. The summed E-state index contributed by atoms with van der Waals surface area (Å²) >= 11 is 0. The smallest absolute Gasteiger partial charge is 0.302 e. The second kappa shape index (κ2) is 8.76. The monoisotopic (exact) mass is 472 g/mol. The van der Waals surface area contributed by atoms with Crippen molar-refractivity contribution >= 4 is 5.97 Å². The van der Waals surface area contributed by atoms with Gasteiger partial charge in [-0.15, -0.1) is 0 Å². The summed E-state index contributed by atoms with van der Waals surface area (Å²) in [7, 11) is 0. The quantitative estimate of drug-likeness (QED) is 0.369. The van der Waals surface area contributed by atoms with Gasteiger partial charge < -0.3 is 14.9 Å². The third-order valence-corrected chi connectivity index (χ3v) is 11.0. The number of allylic oxidation sites excluding steroid dienone is 3. The Bertz CT molecular complexity index is 860. The van der Waals surface area contributed by atoms with Gasteiger partial charge in [0.1, 0.15) is 6.10 Å². The molecule has 0 heterocycles. The van der Waals surface area contributed by atoms with Gasteiger partial charge in [0.2, 0.25) is 0 Å². The molecule has 0 radical (unpaired) electrons. The number of aliphatic hydroxyl groups is 2. The van der Waals surface area contributed by atoms with Gasteiger partial charge in [0.15, 0.2) is 0 Å². The summed E-state index contributed by atoms with van der Waals surface area (Å²) in [5.41, 5.74) is -1.09. The van der Waals surface area contributed by atoms with E-state index in [2.05, 4.69) is 59.8 Å². The first-order valence-electron chi connectivity index (χ1n) is 13.8. The van der Waals surface area contributed by atoms with Gasteiger partial charge in [0.25, 0.3) is 0 Å². The fourth-order valence-corrected chi connectivity index (χ4v) is 8.49. The van der Waals surface area contributed by atoms with Crippen molar-refractivity contribution in [2.24, 2.45) is 40.4 Å². The molecule has 0 spiro atoms. The zero-order valence-corrected chi connectivity index (χ0v) is 22.6. The highest BCUT2D eigenvalue weighted by Crippen LogP contribution is 2.68. The van der Waals surface area contributed by atoms with Crippen LogP contribution in [0.5, 0.6) is 0 Å². The maximum Gasteiger partial charge on any atom is 0.302 e. The van der Waals surface area contributed by atoms with E-state index in [0.717, 1.165) is 37.7 Å². The van der Waals surface area contributed by atoms with E-state index in [4.69, 9.17) is 4.74 Å². The molecule has 0 bridgehead atoms. The van der Waals surface area contributed by atoms with Crippen LogP contribution in [0.1, 0.15) is 99.8 Å². The Morgan fingerprint density at radius 3 is 2.41 bits per heavy atom. The molecule has 4 aliphatic carbocycles. The van der Waals surface area contributed by atoms with Gasteiger partial charge in [0.05, 0.1) is 11.2 Å². The van der Waals surface area contributed by atoms with Crippen LogP contribution in [0.25, 0.3) is 0 Å². The Hall–Kier alpha value is -1.13. The van der Waals surface area contributed by atoms with Crippen LogP contribution in [0.3, 0.4) is 0 Å². The maximum atomic E-state index is 12.4. The van der Waals surface area contributed by atoms with Crippen LogP contribution in [-0.4, -0.2) is 33.5 Å². The van der Waals surface area contributed by atoms with Crippen molar-refractivity contribution in [1.82, 2.24) is 0 Å². The predicted molar refractivity (Wildman–Crippen MR) is 136 cm³/mol. The average molecular weight is 473 g/mol. The second-order valence-corrected chi connectivity index (χ2v) is 13.2. The number of rotatable bonds is 5. The largest absolute Gasteiger partial charge is 0.462 e. The number of ether oxygens (including phenoxy) is 1. The fourth-order valence-electron chi connectivity index (χ4n) is 8.49. The minimum absolute atomic E-state index is 0.0732. The van der Waals surface area contributed by atoms with Crippen LogP contribution < -0.4 is 0 Å². The first-order chi connectivity index (χ1) is 15.8. The molecular formula is C30H48O4. The summed E-state index contributed by atoms with van der Waals surface area (Å²) in [6.45, 7) is 15.2. The molecule has 4 rings (SSSR count). The van der Waals surface area contributed by atoms with Crippen LogP contribution >= 0.6 is 0 Å². The zero-order chi connectivity index (χ0) is 25.1. The van der Waals surface area contributed by atoms with Crippen molar-refractivity contribution in [3.05, 3.63) is 23.8 Å². The van der Waals surface area contributed by atoms with Crippen molar-refractivity contribution in [3.8, 4) is 0 Å². The van der Waals surface area contributed by atoms with Crippen molar-refractivity contribution in [2.45, 2.75) is 117 Å². The van der Waals surface area contributed by atoms with Gasteiger partial charge in [-0.05, 0) is 85.5 Å². The van der Waals surface area contributed by atoms with E-state index >= 15 is 0 Å². The summed E-state index contributed by atoms with van der Waals surface area (Å²) in [6.07, 6.45) is 13.2. The topological polar surface area (TPSA) is 66.8 Å². The highest BCUT2D eigenvalue weighted by molar-refractivity contribution is 5.66. The van der Waals surface area contributed by atoms with E-state index in [1.807, 2.05) is 0 Å². The van der Waals surface area contributed by atoms with Crippen molar-refractivity contribution in [3.63, 3.8) is 0 Å². The minimum Gasteiger partial charge on any atom is -0.462 e. The highest BCUT2D eigenvalue weighted by Gasteiger charge is 2.67. The minimum atomic E-state index is -0.932. The van der Waals surface area contributed by atoms with Crippen LogP contribution in [0.15, 0.2) is 23.8 Å². The molecule has 9 unspecified atom stereocenters. The normalized spacial score (nSPS) is 45.8. The van der Waals surface area contributed by atoms with E-state index in [-0.39, 0.29) is 23.4 Å². The molecule has 4 nitrogen and oxygen atoms in total. The molecule has 9 atom stereocenters. The number of carbonyl (C=O) groups is 1. The summed E-state index contributed by atoms with van der Waals surface area (Å²) in [5.74, 6) is 2.23. The van der Waals surface area contributed by atoms with Gasteiger partial charge in [-0.1, -0.05) is 59.8 Å². The van der Waals surface area contributed by atoms with E-state index in [9.17, 15) is 15.0 Å². The van der Waals surface area contributed by atoms with Crippen LogP contribution in [0, 0.1) is 40.4 Å². The third kappa shape index (κ3) is 3.92.